The first kappa shape index (κ1) is 22.8. The zero-order chi connectivity index (χ0) is 19.4. The number of unbranched alkanes of at least 4 members (excludes halogenated alkanes) is 3. The third-order valence-electron chi connectivity index (χ3n) is 4.56. The Balaban J connectivity index is 2.30. The third kappa shape index (κ3) is 9.48. The largest absolute Gasteiger partial charge is 0.481 e. The molecule has 5 atom stereocenters. The summed E-state index contributed by atoms with van der Waals surface area (Å²) in [5.41, 5.74) is 0. The van der Waals surface area contributed by atoms with E-state index in [-0.39, 0.29) is 12.5 Å². The van der Waals surface area contributed by atoms with Gasteiger partial charge in [-0.25, -0.2) is 0 Å². The number of rotatable bonds is 13. The van der Waals surface area contributed by atoms with E-state index in [1.807, 2.05) is 12.2 Å². The van der Waals surface area contributed by atoms with E-state index in [9.17, 15) is 20.1 Å². The highest BCUT2D eigenvalue weighted by atomic mass is 16.5. The van der Waals surface area contributed by atoms with Crippen LogP contribution in [0.5, 0.6) is 0 Å². The zero-order valence-corrected chi connectivity index (χ0v) is 15.7. The van der Waals surface area contributed by atoms with Crippen LogP contribution in [0.1, 0.15) is 64.7 Å². The SMILES string of the molecule is CCCCC[C@H](O)/C=C/[C@H](O)[C@H]1C[C@@H](O)[C@@H](C/C=C\CCCC(=O)O)O1. The van der Waals surface area contributed by atoms with Crippen molar-refractivity contribution in [3.63, 3.8) is 0 Å². The summed E-state index contributed by atoms with van der Waals surface area (Å²) < 4.78 is 5.73. The van der Waals surface area contributed by atoms with Gasteiger partial charge >= 0.3 is 5.97 Å². The maximum absolute atomic E-state index is 10.4. The van der Waals surface area contributed by atoms with Crippen LogP contribution in [0, 0.1) is 0 Å². The Hall–Kier alpha value is -1.21. The topological polar surface area (TPSA) is 107 Å². The Morgan fingerprint density at radius 1 is 1.19 bits per heavy atom. The lowest BCUT2D eigenvalue weighted by atomic mass is 10.0. The second-order valence-corrected chi connectivity index (χ2v) is 6.95. The van der Waals surface area contributed by atoms with Gasteiger partial charge < -0.3 is 25.2 Å². The Morgan fingerprint density at radius 2 is 1.96 bits per heavy atom. The fourth-order valence-corrected chi connectivity index (χ4v) is 2.98. The number of carbonyl (C=O) groups is 1. The summed E-state index contributed by atoms with van der Waals surface area (Å²) in [5.74, 6) is -0.798. The summed E-state index contributed by atoms with van der Waals surface area (Å²) in [5, 5.41) is 38.7. The number of aliphatic carboxylic acids is 1. The van der Waals surface area contributed by atoms with Crippen molar-refractivity contribution in [2.75, 3.05) is 0 Å². The monoisotopic (exact) mass is 370 g/mol. The Kier molecular flexibility index (Phi) is 11.4. The average molecular weight is 370 g/mol. The van der Waals surface area contributed by atoms with E-state index < -0.39 is 30.4 Å². The molecule has 0 bridgehead atoms. The van der Waals surface area contributed by atoms with Gasteiger partial charge in [-0.15, -0.1) is 0 Å². The number of allylic oxidation sites excluding steroid dienone is 1. The molecule has 1 fully saturated rings. The molecule has 4 N–H and O–H groups in total. The van der Waals surface area contributed by atoms with Crippen molar-refractivity contribution in [3.05, 3.63) is 24.3 Å². The van der Waals surface area contributed by atoms with E-state index in [2.05, 4.69) is 6.92 Å². The smallest absolute Gasteiger partial charge is 0.303 e. The zero-order valence-electron chi connectivity index (χ0n) is 15.7. The van der Waals surface area contributed by atoms with Crippen LogP contribution in [0.25, 0.3) is 0 Å². The molecule has 0 aromatic rings. The van der Waals surface area contributed by atoms with Gasteiger partial charge in [-0.3, -0.25) is 4.79 Å². The molecule has 0 saturated carbocycles. The van der Waals surface area contributed by atoms with Crippen molar-refractivity contribution < 1.29 is 30.0 Å². The van der Waals surface area contributed by atoms with Crippen molar-refractivity contribution >= 4 is 5.97 Å². The first-order valence-corrected chi connectivity index (χ1v) is 9.68. The number of hydrogen-bond donors (Lipinski definition) is 4. The number of ether oxygens (including phenoxy) is 1. The molecule has 0 radical (unpaired) electrons. The second-order valence-electron chi connectivity index (χ2n) is 6.95. The molecule has 150 valence electrons. The summed E-state index contributed by atoms with van der Waals surface area (Å²) in [6, 6.07) is 0. The molecule has 1 saturated heterocycles. The molecular weight excluding hydrogens is 336 g/mol. The number of carboxylic acids is 1. The van der Waals surface area contributed by atoms with Crippen LogP contribution >= 0.6 is 0 Å². The molecule has 1 aliphatic heterocycles. The summed E-state index contributed by atoms with van der Waals surface area (Å²) in [4.78, 5) is 10.4. The molecule has 6 heteroatoms. The van der Waals surface area contributed by atoms with Gasteiger partial charge in [0.25, 0.3) is 0 Å². The van der Waals surface area contributed by atoms with Gasteiger partial charge in [-0.1, -0.05) is 50.5 Å². The molecule has 0 aromatic heterocycles. The van der Waals surface area contributed by atoms with Crippen molar-refractivity contribution in [3.8, 4) is 0 Å². The minimum absolute atomic E-state index is 0.151. The van der Waals surface area contributed by atoms with Crippen LogP contribution in [-0.2, 0) is 9.53 Å². The highest BCUT2D eigenvalue weighted by molar-refractivity contribution is 5.66. The lowest BCUT2D eigenvalue weighted by Gasteiger charge is -2.16. The molecule has 0 unspecified atom stereocenters. The van der Waals surface area contributed by atoms with Crippen molar-refractivity contribution in [1.82, 2.24) is 0 Å². The molecule has 1 aliphatic rings. The summed E-state index contributed by atoms with van der Waals surface area (Å²) in [6.07, 6.45) is 10.2. The van der Waals surface area contributed by atoms with Gasteiger partial charge in [0.15, 0.2) is 0 Å². The summed E-state index contributed by atoms with van der Waals surface area (Å²) >= 11 is 0. The van der Waals surface area contributed by atoms with Crippen LogP contribution in [0.15, 0.2) is 24.3 Å². The van der Waals surface area contributed by atoms with E-state index in [0.29, 0.717) is 32.1 Å². The molecule has 0 aromatic carbocycles. The van der Waals surface area contributed by atoms with Gasteiger partial charge in [0.1, 0.15) is 0 Å². The molecule has 26 heavy (non-hydrogen) atoms. The third-order valence-corrected chi connectivity index (χ3v) is 4.56. The molecule has 0 aliphatic carbocycles. The van der Waals surface area contributed by atoms with E-state index in [1.54, 1.807) is 12.2 Å². The Labute approximate surface area is 156 Å². The first-order chi connectivity index (χ1) is 12.4. The fraction of sp³-hybridized carbons (Fsp3) is 0.750. The Morgan fingerprint density at radius 3 is 2.65 bits per heavy atom. The van der Waals surface area contributed by atoms with Gasteiger partial charge in [0, 0.05) is 12.8 Å². The fourth-order valence-electron chi connectivity index (χ4n) is 2.98. The number of aliphatic hydroxyl groups is 3. The van der Waals surface area contributed by atoms with Gasteiger partial charge in [-0.2, -0.15) is 0 Å². The van der Waals surface area contributed by atoms with Crippen LogP contribution in [0.4, 0.5) is 0 Å². The highest BCUT2D eigenvalue weighted by Gasteiger charge is 2.36. The predicted octanol–water partition coefficient (Wildman–Crippen LogP) is 2.56. The molecule has 0 spiro atoms. The summed E-state index contributed by atoms with van der Waals surface area (Å²) in [7, 11) is 0. The normalized spacial score (nSPS) is 25.9. The van der Waals surface area contributed by atoms with E-state index in [1.165, 1.54) is 0 Å². The Bertz CT molecular complexity index is 448. The highest BCUT2D eigenvalue weighted by Crippen LogP contribution is 2.26. The summed E-state index contributed by atoms with van der Waals surface area (Å²) in [6.45, 7) is 2.11. The van der Waals surface area contributed by atoms with Gasteiger partial charge in [0.2, 0.25) is 0 Å². The average Bonchev–Trinajstić information content (AvgIpc) is 2.97. The number of hydrogen-bond acceptors (Lipinski definition) is 5. The molecule has 0 amide bonds. The van der Waals surface area contributed by atoms with Gasteiger partial charge in [0.05, 0.1) is 30.5 Å². The van der Waals surface area contributed by atoms with Crippen molar-refractivity contribution in [2.24, 2.45) is 0 Å². The number of carboxylic acid groups (broad SMARTS) is 1. The minimum Gasteiger partial charge on any atom is -0.481 e. The minimum atomic E-state index is -0.852. The predicted molar refractivity (Wildman–Crippen MR) is 99.8 cm³/mol. The van der Waals surface area contributed by atoms with Crippen LogP contribution in [-0.4, -0.2) is 56.9 Å². The van der Waals surface area contributed by atoms with Crippen LogP contribution in [0.3, 0.4) is 0 Å². The molecular formula is C20H34O6. The maximum atomic E-state index is 10.4. The molecule has 1 rings (SSSR count). The van der Waals surface area contributed by atoms with Crippen LogP contribution in [0.2, 0.25) is 0 Å². The van der Waals surface area contributed by atoms with E-state index in [0.717, 1.165) is 19.3 Å². The van der Waals surface area contributed by atoms with Gasteiger partial charge in [-0.05, 0) is 25.7 Å². The van der Waals surface area contributed by atoms with E-state index in [4.69, 9.17) is 9.84 Å². The number of aliphatic hydroxyl groups excluding tert-OH is 3. The lowest BCUT2D eigenvalue weighted by Crippen LogP contribution is -2.24. The van der Waals surface area contributed by atoms with E-state index >= 15 is 0 Å². The second kappa shape index (κ2) is 13.0. The maximum Gasteiger partial charge on any atom is 0.303 e. The van der Waals surface area contributed by atoms with Crippen molar-refractivity contribution in [1.29, 1.82) is 0 Å². The van der Waals surface area contributed by atoms with Crippen LogP contribution < -0.4 is 0 Å². The molecule has 6 nitrogen and oxygen atoms in total. The first-order valence-electron chi connectivity index (χ1n) is 9.68. The van der Waals surface area contributed by atoms with Crippen molar-refractivity contribution in [2.45, 2.75) is 95.2 Å². The quantitative estimate of drug-likeness (QED) is 0.293. The molecule has 1 heterocycles. The lowest BCUT2D eigenvalue weighted by molar-refractivity contribution is -0.137. The standard InChI is InChI=1S/C20H34O6/c1-2-3-6-9-15(21)12-13-16(22)19-14-17(23)18(26-19)10-7-4-5-8-11-20(24)25/h4,7,12-13,15-19,21-23H,2-3,5-6,8-11,14H2,1H3,(H,24,25)/b7-4-,13-12+/t15-,16-,17+,18+,19+/m0/s1.